The molecule has 0 amide bonds. The normalized spacial score (nSPS) is 10.5. The van der Waals surface area contributed by atoms with Crippen molar-refractivity contribution in [2.45, 2.75) is 6.43 Å². The number of esters is 1. The summed E-state index contributed by atoms with van der Waals surface area (Å²) < 4.78 is 41.5. The number of pyridine rings is 1. The van der Waals surface area contributed by atoms with Gasteiger partial charge in [0.15, 0.2) is 17.3 Å². The van der Waals surface area contributed by atoms with E-state index in [0.29, 0.717) is 6.20 Å². The van der Waals surface area contributed by atoms with Crippen molar-refractivity contribution >= 4 is 5.97 Å². The second-order valence-corrected chi connectivity index (χ2v) is 2.51. The maximum atomic E-state index is 13.1. The molecule has 4 nitrogen and oxygen atoms in total. The number of alkyl halides is 2. The van der Waals surface area contributed by atoms with Gasteiger partial charge in [-0.3, -0.25) is 4.98 Å². The minimum atomic E-state index is -3.12. The molecule has 0 saturated heterocycles. The highest BCUT2D eigenvalue weighted by Crippen LogP contribution is 2.29. The monoisotopic (exact) mass is 221 g/mol. The third-order valence-electron chi connectivity index (χ3n) is 1.63. The Kier molecular flexibility index (Phi) is 3.13. The van der Waals surface area contributed by atoms with E-state index in [4.69, 9.17) is 5.11 Å². The van der Waals surface area contributed by atoms with E-state index in [-0.39, 0.29) is 0 Å². The van der Waals surface area contributed by atoms with Gasteiger partial charge in [-0.05, 0) is 0 Å². The maximum absolute atomic E-state index is 13.1. The molecule has 0 bridgehead atoms. The molecule has 0 aliphatic rings. The number of carbonyl (C=O) groups excluding carboxylic acids is 1. The second-order valence-electron chi connectivity index (χ2n) is 2.51. The summed E-state index contributed by atoms with van der Waals surface area (Å²) in [5, 5.41) is 8.97. The molecule has 0 aliphatic heterocycles. The summed E-state index contributed by atoms with van der Waals surface area (Å²) in [5.41, 5.74) is -1.81. The standard InChI is InChI=1S/C8H6F3NO3/c1-15-8(14)3-2-12-5(7(10)11)6(13)4(3)9/h2,7,13H,1H3. The minimum Gasteiger partial charge on any atom is -0.503 e. The van der Waals surface area contributed by atoms with Crippen LogP contribution in [0.25, 0.3) is 0 Å². The lowest BCUT2D eigenvalue weighted by Crippen LogP contribution is -2.07. The zero-order valence-corrected chi connectivity index (χ0v) is 7.50. The lowest BCUT2D eigenvalue weighted by molar-refractivity contribution is 0.0592. The molecule has 1 aromatic heterocycles. The van der Waals surface area contributed by atoms with E-state index in [1.807, 2.05) is 0 Å². The van der Waals surface area contributed by atoms with E-state index in [9.17, 15) is 18.0 Å². The van der Waals surface area contributed by atoms with E-state index in [1.54, 1.807) is 0 Å². The summed E-state index contributed by atoms with van der Waals surface area (Å²) in [6.45, 7) is 0. The summed E-state index contributed by atoms with van der Waals surface area (Å²) in [7, 11) is 0.986. The van der Waals surface area contributed by atoms with Crippen LogP contribution in [0.2, 0.25) is 0 Å². The van der Waals surface area contributed by atoms with Gasteiger partial charge >= 0.3 is 5.97 Å². The van der Waals surface area contributed by atoms with Crippen LogP contribution in [-0.4, -0.2) is 23.2 Å². The molecule has 82 valence electrons. The molecule has 7 heteroatoms. The number of methoxy groups -OCH3 is 1. The van der Waals surface area contributed by atoms with Crippen molar-refractivity contribution in [1.29, 1.82) is 0 Å². The Morgan fingerprint density at radius 2 is 2.20 bits per heavy atom. The van der Waals surface area contributed by atoms with Gasteiger partial charge in [-0.15, -0.1) is 0 Å². The highest BCUT2D eigenvalue weighted by atomic mass is 19.3. The molecule has 0 radical (unpaired) electrons. The fourth-order valence-electron chi connectivity index (χ4n) is 0.904. The largest absolute Gasteiger partial charge is 0.503 e. The molecule has 0 aliphatic carbocycles. The Labute approximate surface area is 82.3 Å². The molecule has 1 N–H and O–H groups in total. The second kappa shape index (κ2) is 4.16. The van der Waals surface area contributed by atoms with Gasteiger partial charge in [-0.2, -0.15) is 0 Å². The van der Waals surface area contributed by atoms with Crippen LogP contribution in [0.1, 0.15) is 22.5 Å². The number of hydrogen-bond donors (Lipinski definition) is 1. The van der Waals surface area contributed by atoms with Gasteiger partial charge in [0, 0.05) is 6.20 Å². The average Bonchev–Trinajstić information content (AvgIpc) is 2.20. The first kappa shape index (κ1) is 11.3. The van der Waals surface area contributed by atoms with Gasteiger partial charge < -0.3 is 9.84 Å². The Morgan fingerprint density at radius 3 is 2.67 bits per heavy atom. The van der Waals surface area contributed by atoms with Crippen molar-refractivity contribution in [3.8, 4) is 5.75 Å². The number of aromatic hydroxyl groups is 1. The summed E-state index contributed by atoms with van der Waals surface area (Å²) >= 11 is 0. The Balaban J connectivity index is 3.27. The number of rotatable bonds is 2. The lowest BCUT2D eigenvalue weighted by Gasteiger charge is -2.06. The topological polar surface area (TPSA) is 59.4 Å². The van der Waals surface area contributed by atoms with Crippen LogP contribution >= 0.6 is 0 Å². The molecule has 0 fully saturated rings. The van der Waals surface area contributed by atoms with E-state index in [2.05, 4.69) is 9.72 Å². The highest BCUT2D eigenvalue weighted by molar-refractivity contribution is 5.89. The number of hydrogen-bond acceptors (Lipinski definition) is 4. The SMILES string of the molecule is COC(=O)c1cnc(C(F)F)c(O)c1F. The zero-order chi connectivity index (χ0) is 11.6. The number of ether oxygens (including phenoxy) is 1. The summed E-state index contributed by atoms with van der Waals surface area (Å²) in [6, 6.07) is 0. The van der Waals surface area contributed by atoms with Crippen LogP contribution in [0.15, 0.2) is 6.20 Å². The van der Waals surface area contributed by atoms with E-state index in [1.165, 1.54) is 0 Å². The van der Waals surface area contributed by atoms with Crippen molar-refractivity contribution in [1.82, 2.24) is 4.98 Å². The van der Waals surface area contributed by atoms with Crippen molar-refractivity contribution < 1.29 is 27.8 Å². The summed E-state index contributed by atoms with van der Waals surface area (Å²) in [4.78, 5) is 13.9. The number of aromatic nitrogens is 1. The van der Waals surface area contributed by atoms with Crippen molar-refractivity contribution in [3.05, 3.63) is 23.3 Å². The van der Waals surface area contributed by atoms with Crippen LogP contribution in [0.4, 0.5) is 13.2 Å². The van der Waals surface area contributed by atoms with Crippen LogP contribution < -0.4 is 0 Å². The van der Waals surface area contributed by atoms with Crippen molar-refractivity contribution in [2.24, 2.45) is 0 Å². The van der Waals surface area contributed by atoms with Crippen LogP contribution in [0.3, 0.4) is 0 Å². The summed E-state index contributed by atoms with van der Waals surface area (Å²) in [5.74, 6) is -3.91. The fraction of sp³-hybridized carbons (Fsp3) is 0.250. The van der Waals surface area contributed by atoms with Gasteiger partial charge in [0.1, 0.15) is 5.56 Å². The van der Waals surface area contributed by atoms with Gasteiger partial charge in [-0.1, -0.05) is 0 Å². The Hall–Kier alpha value is -1.79. The first-order valence-electron chi connectivity index (χ1n) is 3.72. The first-order chi connectivity index (χ1) is 6.99. The van der Waals surface area contributed by atoms with E-state index >= 15 is 0 Å². The molecule has 1 aromatic rings. The van der Waals surface area contributed by atoms with Gasteiger partial charge in [-0.25, -0.2) is 18.0 Å². The predicted molar refractivity (Wildman–Crippen MR) is 42.2 cm³/mol. The highest BCUT2D eigenvalue weighted by Gasteiger charge is 2.23. The van der Waals surface area contributed by atoms with Crippen LogP contribution in [0, 0.1) is 5.82 Å². The van der Waals surface area contributed by atoms with Crippen molar-refractivity contribution in [3.63, 3.8) is 0 Å². The molecule has 0 aromatic carbocycles. The molecular weight excluding hydrogens is 215 g/mol. The predicted octanol–water partition coefficient (Wildman–Crippen LogP) is 1.65. The molecule has 0 spiro atoms. The minimum absolute atomic E-state index is 0.586. The maximum Gasteiger partial charge on any atom is 0.342 e. The van der Waals surface area contributed by atoms with Crippen molar-refractivity contribution in [2.75, 3.05) is 7.11 Å². The Morgan fingerprint density at radius 1 is 1.60 bits per heavy atom. The summed E-state index contributed by atoms with van der Waals surface area (Å²) in [6.07, 6.45) is -2.53. The van der Waals surface area contributed by atoms with E-state index in [0.717, 1.165) is 7.11 Å². The molecular formula is C8H6F3NO3. The third-order valence-corrected chi connectivity index (χ3v) is 1.63. The molecule has 0 saturated carbocycles. The van der Waals surface area contributed by atoms with Crippen LogP contribution in [-0.2, 0) is 4.74 Å². The first-order valence-corrected chi connectivity index (χ1v) is 3.72. The van der Waals surface area contributed by atoms with Gasteiger partial charge in [0.25, 0.3) is 6.43 Å². The Bertz CT molecular complexity index is 395. The molecule has 0 atom stereocenters. The fourth-order valence-corrected chi connectivity index (χ4v) is 0.904. The van der Waals surface area contributed by atoms with Gasteiger partial charge in [0.05, 0.1) is 7.11 Å². The number of halogens is 3. The molecule has 1 rings (SSSR count). The average molecular weight is 221 g/mol. The smallest absolute Gasteiger partial charge is 0.342 e. The van der Waals surface area contributed by atoms with E-state index < -0.39 is 35.2 Å². The number of carbonyl (C=O) groups is 1. The lowest BCUT2D eigenvalue weighted by atomic mass is 10.2. The molecule has 15 heavy (non-hydrogen) atoms. The quantitative estimate of drug-likeness (QED) is 0.771. The zero-order valence-electron chi connectivity index (χ0n) is 7.50. The van der Waals surface area contributed by atoms with Crippen LogP contribution in [0.5, 0.6) is 5.75 Å². The number of nitrogens with zero attached hydrogens (tertiary/aromatic N) is 1. The van der Waals surface area contributed by atoms with Gasteiger partial charge in [0.2, 0.25) is 0 Å². The molecule has 0 unspecified atom stereocenters. The molecule has 1 heterocycles. The third kappa shape index (κ3) is 2.00.